The molecule has 1 unspecified atom stereocenters. The summed E-state index contributed by atoms with van der Waals surface area (Å²) >= 11 is 1.04. The minimum Gasteiger partial charge on any atom is -0.328 e. The Kier molecular flexibility index (Phi) is 2.51. The molecule has 2 N–H and O–H groups in total. The first-order chi connectivity index (χ1) is 5.16. The van der Waals surface area contributed by atoms with E-state index in [1.807, 2.05) is 0 Å². The van der Waals surface area contributed by atoms with Crippen molar-refractivity contribution in [3.05, 3.63) is 0 Å². The van der Waals surface area contributed by atoms with Gasteiger partial charge < -0.3 is 5.73 Å². The van der Waals surface area contributed by atoms with Gasteiger partial charge in [-0.3, -0.25) is 14.5 Å². The SMILES string of the molecule is CC(CN)N1C(=O)CSC1=O. The Morgan fingerprint density at radius 3 is 2.73 bits per heavy atom. The van der Waals surface area contributed by atoms with Gasteiger partial charge >= 0.3 is 0 Å². The lowest BCUT2D eigenvalue weighted by Gasteiger charge is -2.19. The third kappa shape index (κ3) is 1.54. The van der Waals surface area contributed by atoms with Gasteiger partial charge in [0.1, 0.15) is 0 Å². The lowest BCUT2D eigenvalue weighted by Crippen LogP contribution is -2.41. The van der Waals surface area contributed by atoms with Gasteiger partial charge in [0.25, 0.3) is 5.24 Å². The number of carbonyl (C=O) groups excluding carboxylic acids is 2. The van der Waals surface area contributed by atoms with Crippen LogP contribution in [0.15, 0.2) is 0 Å². The molecule has 1 aliphatic heterocycles. The van der Waals surface area contributed by atoms with Crippen molar-refractivity contribution < 1.29 is 9.59 Å². The maximum Gasteiger partial charge on any atom is 0.289 e. The van der Waals surface area contributed by atoms with Crippen LogP contribution in [0.4, 0.5) is 4.79 Å². The highest BCUT2D eigenvalue weighted by Gasteiger charge is 2.32. The van der Waals surface area contributed by atoms with Gasteiger partial charge in [-0.1, -0.05) is 11.8 Å². The van der Waals surface area contributed by atoms with Crippen LogP contribution < -0.4 is 5.73 Å². The van der Waals surface area contributed by atoms with Crippen molar-refractivity contribution in [2.24, 2.45) is 5.73 Å². The van der Waals surface area contributed by atoms with Crippen molar-refractivity contribution in [2.75, 3.05) is 12.3 Å². The summed E-state index contributed by atoms with van der Waals surface area (Å²) in [5.41, 5.74) is 5.32. The van der Waals surface area contributed by atoms with Gasteiger partial charge in [0, 0.05) is 12.6 Å². The Balaban J connectivity index is 2.68. The van der Waals surface area contributed by atoms with E-state index < -0.39 is 0 Å². The first-order valence-electron chi connectivity index (χ1n) is 3.35. The Morgan fingerprint density at radius 2 is 2.36 bits per heavy atom. The average Bonchev–Trinajstić information content (AvgIpc) is 2.30. The molecule has 62 valence electrons. The first kappa shape index (κ1) is 8.55. The standard InChI is InChI=1S/C6H10N2O2S/c1-4(2-7)8-5(9)3-11-6(8)10/h4H,2-3,7H2,1H3. The first-order valence-corrected chi connectivity index (χ1v) is 4.34. The van der Waals surface area contributed by atoms with Crippen LogP contribution in [0.3, 0.4) is 0 Å². The summed E-state index contributed by atoms with van der Waals surface area (Å²) in [6.45, 7) is 2.10. The van der Waals surface area contributed by atoms with Crippen LogP contribution in [0.2, 0.25) is 0 Å². The molecule has 0 bridgehead atoms. The zero-order valence-electron chi connectivity index (χ0n) is 6.24. The molecule has 1 saturated heterocycles. The van der Waals surface area contributed by atoms with Gasteiger partial charge in [-0.05, 0) is 6.92 Å². The Hall–Kier alpha value is -0.550. The molecule has 2 amide bonds. The Bertz CT molecular complexity index is 179. The zero-order valence-corrected chi connectivity index (χ0v) is 7.06. The summed E-state index contributed by atoms with van der Waals surface area (Å²) in [6, 6.07) is -0.162. The van der Waals surface area contributed by atoms with E-state index >= 15 is 0 Å². The van der Waals surface area contributed by atoms with E-state index in [0.29, 0.717) is 6.54 Å². The average molecular weight is 174 g/mol. The topological polar surface area (TPSA) is 63.4 Å². The minimum atomic E-state index is -0.173. The summed E-state index contributed by atoms with van der Waals surface area (Å²) in [5.74, 6) is 0.140. The number of nitrogens with zero attached hydrogens (tertiary/aromatic N) is 1. The third-order valence-electron chi connectivity index (χ3n) is 1.57. The maximum absolute atomic E-state index is 11.0. The van der Waals surface area contributed by atoms with E-state index in [1.165, 1.54) is 4.90 Å². The number of imide groups is 1. The molecule has 11 heavy (non-hydrogen) atoms. The second kappa shape index (κ2) is 3.23. The van der Waals surface area contributed by atoms with Crippen molar-refractivity contribution in [1.82, 2.24) is 4.90 Å². The molecule has 0 aromatic carbocycles. The Morgan fingerprint density at radius 1 is 1.73 bits per heavy atom. The maximum atomic E-state index is 11.0. The van der Waals surface area contributed by atoms with Crippen LogP contribution in [-0.2, 0) is 4.79 Å². The number of carbonyl (C=O) groups is 2. The number of nitrogens with two attached hydrogens (primary N) is 1. The molecule has 1 fully saturated rings. The quantitative estimate of drug-likeness (QED) is 0.641. The second-order valence-electron chi connectivity index (χ2n) is 2.40. The van der Waals surface area contributed by atoms with Gasteiger partial charge in [0.15, 0.2) is 0 Å². The zero-order chi connectivity index (χ0) is 8.43. The van der Waals surface area contributed by atoms with Crippen LogP contribution in [0.5, 0.6) is 0 Å². The molecule has 1 atom stereocenters. The molecule has 0 aromatic heterocycles. The van der Waals surface area contributed by atoms with Crippen LogP contribution in [0.25, 0.3) is 0 Å². The fourth-order valence-electron chi connectivity index (χ4n) is 0.896. The van der Waals surface area contributed by atoms with E-state index in [9.17, 15) is 9.59 Å². The molecule has 4 nitrogen and oxygen atoms in total. The molecule has 0 spiro atoms. The molecular formula is C6H10N2O2S. The smallest absolute Gasteiger partial charge is 0.289 e. The summed E-state index contributed by atoms with van der Waals surface area (Å²) < 4.78 is 0. The fraction of sp³-hybridized carbons (Fsp3) is 0.667. The molecule has 0 aliphatic carbocycles. The molecule has 1 aliphatic rings. The predicted octanol–water partition coefficient (Wildman–Crippen LogP) is 0.0290. The van der Waals surface area contributed by atoms with Crippen LogP contribution >= 0.6 is 11.8 Å². The molecule has 0 aromatic rings. The molecule has 0 radical (unpaired) electrons. The summed E-state index contributed by atoms with van der Waals surface area (Å²) in [6.07, 6.45) is 0. The number of amides is 2. The van der Waals surface area contributed by atoms with Crippen molar-refractivity contribution in [2.45, 2.75) is 13.0 Å². The highest BCUT2D eigenvalue weighted by Crippen LogP contribution is 2.20. The molecule has 1 rings (SSSR count). The normalized spacial score (nSPS) is 21.1. The lowest BCUT2D eigenvalue weighted by atomic mass is 10.3. The minimum absolute atomic E-state index is 0.127. The highest BCUT2D eigenvalue weighted by molar-refractivity contribution is 8.14. The van der Waals surface area contributed by atoms with Crippen molar-refractivity contribution in [1.29, 1.82) is 0 Å². The van der Waals surface area contributed by atoms with Crippen LogP contribution in [0.1, 0.15) is 6.92 Å². The second-order valence-corrected chi connectivity index (χ2v) is 3.33. The number of rotatable bonds is 2. The van der Waals surface area contributed by atoms with Gasteiger partial charge in [-0.15, -0.1) is 0 Å². The van der Waals surface area contributed by atoms with Crippen molar-refractivity contribution in [3.63, 3.8) is 0 Å². The van der Waals surface area contributed by atoms with Crippen molar-refractivity contribution in [3.8, 4) is 0 Å². The molecule has 0 saturated carbocycles. The van der Waals surface area contributed by atoms with E-state index in [1.54, 1.807) is 6.92 Å². The monoisotopic (exact) mass is 174 g/mol. The molecule has 5 heteroatoms. The largest absolute Gasteiger partial charge is 0.328 e. The van der Waals surface area contributed by atoms with Gasteiger partial charge in [0.2, 0.25) is 5.91 Å². The van der Waals surface area contributed by atoms with Gasteiger partial charge in [-0.25, -0.2) is 0 Å². The summed E-state index contributed by atoms with van der Waals surface area (Å²) in [4.78, 5) is 23.2. The number of hydrogen-bond acceptors (Lipinski definition) is 4. The Labute approximate surface area is 69.1 Å². The van der Waals surface area contributed by atoms with E-state index in [-0.39, 0.29) is 22.9 Å². The predicted molar refractivity (Wildman–Crippen MR) is 43.2 cm³/mol. The van der Waals surface area contributed by atoms with Crippen molar-refractivity contribution >= 4 is 22.9 Å². The number of hydrogen-bond donors (Lipinski definition) is 1. The molecular weight excluding hydrogens is 164 g/mol. The van der Waals surface area contributed by atoms with Gasteiger partial charge in [-0.2, -0.15) is 0 Å². The molecule has 1 heterocycles. The summed E-state index contributed by atoms with van der Waals surface area (Å²) in [5, 5.41) is -0.173. The van der Waals surface area contributed by atoms with E-state index in [0.717, 1.165) is 11.8 Å². The fourth-order valence-corrected chi connectivity index (χ4v) is 1.70. The van der Waals surface area contributed by atoms with Crippen LogP contribution in [-0.4, -0.2) is 34.4 Å². The highest BCUT2D eigenvalue weighted by atomic mass is 32.2. The van der Waals surface area contributed by atoms with Crippen LogP contribution in [0, 0.1) is 0 Å². The van der Waals surface area contributed by atoms with E-state index in [2.05, 4.69) is 0 Å². The number of thioether (sulfide) groups is 1. The van der Waals surface area contributed by atoms with E-state index in [4.69, 9.17) is 5.73 Å². The van der Waals surface area contributed by atoms with Gasteiger partial charge in [0.05, 0.1) is 5.75 Å². The lowest BCUT2D eigenvalue weighted by molar-refractivity contribution is -0.125. The summed E-state index contributed by atoms with van der Waals surface area (Å²) in [7, 11) is 0. The third-order valence-corrected chi connectivity index (χ3v) is 2.40.